The third-order valence-electron chi connectivity index (χ3n) is 7.04. The Morgan fingerprint density at radius 1 is 1.04 bits per heavy atom. The Balaban J connectivity index is 1.18. The van der Waals surface area contributed by atoms with E-state index in [9.17, 15) is 9.59 Å². The lowest BCUT2D eigenvalue weighted by Crippen LogP contribution is -2.61. The molecule has 0 aromatic rings. The van der Waals surface area contributed by atoms with E-state index >= 15 is 0 Å². The first-order valence-corrected chi connectivity index (χ1v) is 11.2. The second-order valence-corrected chi connectivity index (χ2v) is 9.17. The number of likely N-dealkylation sites (tertiary alicyclic amines) is 2. The number of carbonyl (C=O) groups is 2. The monoisotopic (exact) mass is 376 g/mol. The molecule has 1 N–H and O–H groups in total. The molecule has 0 saturated carbocycles. The van der Waals surface area contributed by atoms with E-state index in [1.165, 1.54) is 38.8 Å². The van der Waals surface area contributed by atoms with Gasteiger partial charge in [-0.3, -0.25) is 14.5 Å². The second kappa shape index (κ2) is 8.91. The predicted molar refractivity (Wildman–Crippen MR) is 105 cm³/mol. The van der Waals surface area contributed by atoms with Gasteiger partial charge >= 0.3 is 0 Å². The fraction of sp³-hybridized carbons (Fsp3) is 0.905. The van der Waals surface area contributed by atoms with Crippen LogP contribution in [0.1, 0.15) is 51.4 Å². The smallest absolute Gasteiger partial charge is 0.234 e. The van der Waals surface area contributed by atoms with Gasteiger partial charge < -0.3 is 15.1 Å². The van der Waals surface area contributed by atoms with Gasteiger partial charge in [-0.1, -0.05) is 6.42 Å². The molecule has 0 radical (unpaired) electrons. The van der Waals surface area contributed by atoms with Gasteiger partial charge in [0.25, 0.3) is 0 Å². The van der Waals surface area contributed by atoms with E-state index in [-0.39, 0.29) is 5.91 Å². The second-order valence-electron chi connectivity index (χ2n) is 9.17. The first kappa shape index (κ1) is 19.2. The van der Waals surface area contributed by atoms with Crippen molar-refractivity contribution >= 4 is 11.8 Å². The summed E-state index contributed by atoms with van der Waals surface area (Å²) in [5.74, 6) is 1.65. The molecule has 4 rings (SSSR count). The first-order chi connectivity index (χ1) is 13.2. The van der Waals surface area contributed by atoms with Crippen molar-refractivity contribution in [2.24, 2.45) is 11.8 Å². The van der Waals surface area contributed by atoms with Crippen molar-refractivity contribution in [3.05, 3.63) is 0 Å². The molecule has 4 heterocycles. The lowest BCUT2D eigenvalue weighted by atomic mass is 9.76. The molecule has 2 amide bonds. The summed E-state index contributed by atoms with van der Waals surface area (Å²) < 4.78 is 0. The van der Waals surface area contributed by atoms with Gasteiger partial charge in [-0.25, -0.2) is 0 Å². The molecule has 6 heteroatoms. The molecular weight excluding hydrogens is 340 g/mol. The summed E-state index contributed by atoms with van der Waals surface area (Å²) in [6.07, 6.45) is 9.25. The van der Waals surface area contributed by atoms with Crippen molar-refractivity contribution < 1.29 is 9.59 Å². The van der Waals surface area contributed by atoms with Crippen LogP contribution < -0.4 is 5.32 Å². The molecule has 0 aromatic carbocycles. The van der Waals surface area contributed by atoms with Crippen LogP contribution in [-0.2, 0) is 9.59 Å². The van der Waals surface area contributed by atoms with Gasteiger partial charge in [-0.15, -0.1) is 0 Å². The van der Waals surface area contributed by atoms with E-state index in [0.29, 0.717) is 30.3 Å². The predicted octanol–water partition coefficient (Wildman–Crippen LogP) is 1.31. The van der Waals surface area contributed by atoms with Crippen molar-refractivity contribution in [1.82, 2.24) is 20.0 Å². The lowest BCUT2D eigenvalue weighted by molar-refractivity contribution is -0.145. The molecular formula is C21H36N4O2. The highest BCUT2D eigenvalue weighted by Crippen LogP contribution is 2.37. The fourth-order valence-corrected chi connectivity index (χ4v) is 5.81. The maximum atomic E-state index is 12.4. The number of piperidine rings is 4. The summed E-state index contributed by atoms with van der Waals surface area (Å²) in [5, 5.41) is 3.13. The molecule has 0 spiro atoms. The zero-order chi connectivity index (χ0) is 18.6. The van der Waals surface area contributed by atoms with Crippen molar-refractivity contribution in [1.29, 1.82) is 0 Å². The average molecular weight is 377 g/mol. The van der Waals surface area contributed by atoms with Gasteiger partial charge in [0, 0.05) is 38.6 Å². The van der Waals surface area contributed by atoms with E-state index in [0.717, 1.165) is 58.4 Å². The van der Waals surface area contributed by atoms with Crippen LogP contribution >= 0.6 is 0 Å². The Morgan fingerprint density at radius 2 is 1.89 bits per heavy atom. The van der Waals surface area contributed by atoms with E-state index in [1.54, 1.807) is 0 Å². The van der Waals surface area contributed by atoms with Crippen molar-refractivity contribution in [3.8, 4) is 0 Å². The number of carbonyl (C=O) groups excluding carboxylic acids is 2. The third kappa shape index (κ3) is 4.83. The number of nitrogens with one attached hydrogen (secondary N) is 1. The van der Waals surface area contributed by atoms with E-state index in [1.807, 2.05) is 0 Å². The normalized spacial score (nSPS) is 32.2. The highest BCUT2D eigenvalue weighted by molar-refractivity contribution is 5.78. The van der Waals surface area contributed by atoms with Crippen LogP contribution in [0.2, 0.25) is 0 Å². The zero-order valence-electron chi connectivity index (χ0n) is 16.7. The molecule has 4 fully saturated rings. The van der Waals surface area contributed by atoms with Gasteiger partial charge in [0.15, 0.2) is 0 Å². The summed E-state index contributed by atoms with van der Waals surface area (Å²) >= 11 is 0. The first-order valence-electron chi connectivity index (χ1n) is 11.2. The molecule has 4 saturated heterocycles. The molecule has 4 aliphatic rings. The Morgan fingerprint density at radius 3 is 2.74 bits per heavy atom. The van der Waals surface area contributed by atoms with Crippen molar-refractivity contribution in [3.63, 3.8) is 0 Å². The van der Waals surface area contributed by atoms with E-state index < -0.39 is 0 Å². The quantitative estimate of drug-likeness (QED) is 0.710. The van der Waals surface area contributed by atoms with E-state index in [2.05, 4.69) is 20.0 Å². The van der Waals surface area contributed by atoms with Crippen molar-refractivity contribution in [2.75, 3.05) is 52.4 Å². The number of amides is 2. The van der Waals surface area contributed by atoms with Gasteiger partial charge in [0.1, 0.15) is 0 Å². The zero-order valence-corrected chi connectivity index (χ0v) is 16.7. The molecule has 27 heavy (non-hydrogen) atoms. The van der Waals surface area contributed by atoms with Crippen LogP contribution in [-0.4, -0.2) is 84.9 Å². The van der Waals surface area contributed by atoms with Gasteiger partial charge in [0.2, 0.25) is 11.8 Å². The summed E-state index contributed by atoms with van der Waals surface area (Å²) in [5.41, 5.74) is 0. The van der Waals surface area contributed by atoms with Gasteiger partial charge in [-0.2, -0.15) is 0 Å². The Labute approximate surface area is 163 Å². The van der Waals surface area contributed by atoms with Gasteiger partial charge in [-0.05, 0) is 70.0 Å². The average Bonchev–Trinajstić information content (AvgIpc) is 2.67. The summed E-state index contributed by atoms with van der Waals surface area (Å²) in [4.78, 5) is 31.6. The molecule has 152 valence electrons. The Hall–Kier alpha value is -1.14. The van der Waals surface area contributed by atoms with Crippen LogP contribution in [0, 0.1) is 11.8 Å². The molecule has 6 nitrogen and oxygen atoms in total. The lowest BCUT2D eigenvalue weighted by Gasteiger charge is -2.52. The number of hydrogen-bond donors (Lipinski definition) is 1. The topological polar surface area (TPSA) is 55.9 Å². The standard InChI is InChI=1S/C21H36N4O2/c26-20(22-8-5-11-23-9-2-1-3-10-23)16-24-13-17-12-18(15-24)19-6-4-7-21(27)25(19)14-17/h17-19H,1-16H2,(H,22,26)/t17?,18?,19-/m1/s1. The molecule has 2 bridgehead atoms. The van der Waals surface area contributed by atoms with Gasteiger partial charge in [0.05, 0.1) is 6.54 Å². The third-order valence-corrected chi connectivity index (χ3v) is 7.04. The van der Waals surface area contributed by atoms with Crippen LogP contribution in [0.4, 0.5) is 0 Å². The van der Waals surface area contributed by atoms with E-state index in [4.69, 9.17) is 0 Å². The number of rotatable bonds is 6. The molecule has 3 atom stereocenters. The summed E-state index contributed by atoms with van der Waals surface area (Å²) in [7, 11) is 0. The molecule has 0 aliphatic carbocycles. The Bertz CT molecular complexity index is 534. The molecule has 4 aliphatic heterocycles. The number of fused-ring (bicyclic) bond motifs is 4. The SMILES string of the molecule is O=C(CN1CC2CC(C1)[C@H]1CCCC(=O)N1C2)NCCCN1CCCCC1. The number of hydrogen-bond acceptors (Lipinski definition) is 4. The highest BCUT2D eigenvalue weighted by atomic mass is 16.2. The minimum atomic E-state index is 0.171. The van der Waals surface area contributed by atoms with Crippen molar-refractivity contribution in [2.45, 2.75) is 57.4 Å². The summed E-state index contributed by atoms with van der Waals surface area (Å²) in [6.45, 7) is 7.74. The largest absolute Gasteiger partial charge is 0.355 e. The maximum Gasteiger partial charge on any atom is 0.234 e. The maximum absolute atomic E-state index is 12.4. The molecule has 2 unspecified atom stereocenters. The summed E-state index contributed by atoms with van der Waals surface area (Å²) in [6, 6.07) is 0.429. The van der Waals surface area contributed by atoms with Crippen LogP contribution in [0.25, 0.3) is 0 Å². The van der Waals surface area contributed by atoms with Crippen LogP contribution in [0.5, 0.6) is 0 Å². The minimum Gasteiger partial charge on any atom is -0.355 e. The molecule has 0 aromatic heterocycles. The van der Waals surface area contributed by atoms with Crippen LogP contribution in [0.3, 0.4) is 0 Å². The number of nitrogens with zero attached hydrogens (tertiary/aromatic N) is 3. The fourth-order valence-electron chi connectivity index (χ4n) is 5.81. The Kier molecular flexibility index (Phi) is 6.33. The highest BCUT2D eigenvalue weighted by Gasteiger charge is 2.43. The van der Waals surface area contributed by atoms with Crippen LogP contribution in [0.15, 0.2) is 0 Å². The minimum absolute atomic E-state index is 0.171.